The van der Waals surface area contributed by atoms with Crippen molar-refractivity contribution in [3.8, 4) is 22.3 Å². The summed E-state index contributed by atoms with van der Waals surface area (Å²) in [5.41, 5.74) is 0.736. The van der Waals surface area contributed by atoms with E-state index in [4.69, 9.17) is 25.5 Å². The van der Waals surface area contributed by atoms with Crippen LogP contribution in [0, 0.1) is 0 Å². The van der Waals surface area contributed by atoms with E-state index < -0.39 is 0 Å². The molecule has 1 N–H and O–H groups in total. The minimum atomic E-state index is 0.265. The highest BCUT2D eigenvalue weighted by molar-refractivity contribution is 7.23. The molecule has 0 saturated carbocycles. The molecule has 26 heavy (non-hydrogen) atoms. The van der Waals surface area contributed by atoms with Gasteiger partial charge in [0.2, 0.25) is 0 Å². The SMILES string of the molecule is COc1ccc(Nc2nnc(-c3sc4ccccc4c3Cl)o2)cc1OC. The summed E-state index contributed by atoms with van der Waals surface area (Å²) in [7, 11) is 3.17. The summed E-state index contributed by atoms with van der Waals surface area (Å²) in [4.78, 5) is 0.751. The molecule has 0 aliphatic rings. The Kier molecular flexibility index (Phi) is 4.40. The van der Waals surface area contributed by atoms with Crippen LogP contribution in [-0.4, -0.2) is 24.4 Å². The van der Waals surface area contributed by atoms with Gasteiger partial charge in [-0.3, -0.25) is 0 Å². The van der Waals surface area contributed by atoms with E-state index in [1.165, 1.54) is 11.3 Å². The lowest BCUT2D eigenvalue weighted by Gasteiger charge is -2.09. The Balaban J connectivity index is 1.63. The highest BCUT2D eigenvalue weighted by Crippen LogP contribution is 2.41. The van der Waals surface area contributed by atoms with Crippen molar-refractivity contribution >= 4 is 44.7 Å². The minimum Gasteiger partial charge on any atom is -0.493 e. The van der Waals surface area contributed by atoms with Gasteiger partial charge < -0.3 is 19.2 Å². The van der Waals surface area contributed by atoms with Crippen LogP contribution in [0.5, 0.6) is 11.5 Å². The number of anilines is 2. The molecule has 2 heterocycles. The molecule has 0 atom stereocenters. The van der Waals surface area contributed by atoms with E-state index in [0.29, 0.717) is 22.4 Å². The summed E-state index contributed by atoms with van der Waals surface area (Å²) in [6, 6.07) is 13.6. The standard InChI is InChI=1S/C18H14ClN3O3S/c1-23-12-8-7-10(9-13(12)24-2)20-18-22-21-17(25-18)16-15(19)11-5-3-4-6-14(11)26-16/h3-9H,1-2H3,(H,20,22). The summed E-state index contributed by atoms with van der Waals surface area (Å²) >= 11 is 7.98. The maximum absolute atomic E-state index is 6.47. The van der Waals surface area contributed by atoms with Gasteiger partial charge in [0.15, 0.2) is 11.5 Å². The predicted molar refractivity (Wildman–Crippen MR) is 103 cm³/mol. The first-order valence-electron chi connectivity index (χ1n) is 7.69. The second kappa shape index (κ2) is 6.86. The number of hydrogen-bond acceptors (Lipinski definition) is 7. The van der Waals surface area contributed by atoms with Gasteiger partial charge in [0.05, 0.1) is 19.2 Å². The van der Waals surface area contributed by atoms with E-state index in [9.17, 15) is 0 Å². The number of ether oxygens (including phenoxy) is 2. The molecule has 0 fully saturated rings. The van der Waals surface area contributed by atoms with Gasteiger partial charge in [-0.25, -0.2) is 0 Å². The van der Waals surface area contributed by atoms with Crippen LogP contribution in [0.1, 0.15) is 0 Å². The highest BCUT2D eigenvalue weighted by Gasteiger charge is 2.18. The van der Waals surface area contributed by atoms with Crippen LogP contribution in [0.15, 0.2) is 46.9 Å². The number of nitrogens with one attached hydrogen (secondary N) is 1. The summed E-state index contributed by atoms with van der Waals surface area (Å²) in [5.74, 6) is 1.62. The quantitative estimate of drug-likeness (QED) is 0.496. The van der Waals surface area contributed by atoms with E-state index in [0.717, 1.165) is 20.7 Å². The first-order chi connectivity index (χ1) is 12.7. The van der Waals surface area contributed by atoms with Crippen molar-refractivity contribution in [2.75, 3.05) is 19.5 Å². The Labute approximate surface area is 158 Å². The molecule has 0 bridgehead atoms. The number of rotatable bonds is 5. The van der Waals surface area contributed by atoms with Crippen molar-refractivity contribution in [2.24, 2.45) is 0 Å². The van der Waals surface area contributed by atoms with Crippen molar-refractivity contribution in [1.29, 1.82) is 0 Å². The maximum Gasteiger partial charge on any atom is 0.320 e. The predicted octanol–water partition coefficient (Wildman–Crippen LogP) is 5.37. The molecule has 4 aromatic rings. The third kappa shape index (κ3) is 2.95. The molecule has 0 unspecified atom stereocenters. The van der Waals surface area contributed by atoms with Crippen LogP contribution in [0.4, 0.5) is 11.7 Å². The van der Waals surface area contributed by atoms with Gasteiger partial charge in [0.1, 0.15) is 4.88 Å². The monoisotopic (exact) mass is 387 g/mol. The number of hydrogen-bond donors (Lipinski definition) is 1. The zero-order valence-corrected chi connectivity index (χ0v) is 15.5. The van der Waals surface area contributed by atoms with Crippen molar-refractivity contribution in [1.82, 2.24) is 10.2 Å². The molecule has 0 aliphatic carbocycles. The average molecular weight is 388 g/mol. The second-order valence-electron chi connectivity index (χ2n) is 5.35. The van der Waals surface area contributed by atoms with Gasteiger partial charge in [-0.2, -0.15) is 0 Å². The molecular formula is C18H14ClN3O3S. The van der Waals surface area contributed by atoms with Crippen molar-refractivity contribution in [3.05, 3.63) is 47.5 Å². The molecule has 6 nitrogen and oxygen atoms in total. The third-order valence-electron chi connectivity index (χ3n) is 3.79. The number of thiophene rings is 1. The van der Waals surface area contributed by atoms with Crippen molar-refractivity contribution in [2.45, 2.75) is 0 Å². The van der Waals surface area contributed by atoms with Gasteiger partial charge in [0, 0.05) is 21.8 Å². The van der Waals surface area contributed by atoms with E-state index >= 15 is 0 Å². The topological polar surface area (TPSA) is 69.4 Å². The fraction of sp³-hybridized carbons (Fsp3) is 0.111. The Hall–Kier alpha value is -2.77. The Morgan fingerprint density at radius 2 is 1.85 bits per heavy atom. The van der Waals surface area contributed by atoms with Gasteiger partial charge in [0.25, 0.3) is 5.89 Å². The largest absolute Gasteiger partial charge is 0.493 e. The number of benzene rings is 2. The van der Waals surface area contributed by atoms with Crippen LogP contribution in [0.2, 0.25) is 5.02 Å². The van der Waals surface area contributed by atoms with E-state index in [-0.39, 0.29) is 6.01 Å². The minimum absolute atomic E-state index is 0.265. The summed E-state index contributed by atoms with van der Waals surface area (Å²) in [5, 5.41) is 12.8. The van der Waals surface area contributed by atoms with E-state index in [1.807, 2.05) is 30.3 Å². The summed E-state index contributed by atoms with van der Waals surface area (Å²) < 4.78 is 17.3. The van der Waals surface area contributed by atoms with Crippen LogP contribution < -0.4 is 14.8 Å². The number of aromatic nitrogens is 2. The number of fused-ring (bicyclic) bond motifs is 1. The lowest BCUT2D eigenvalue weighted by molar-refractivity contribution is 0.355. The maximum atomic E-state index is 6.47. The van der Waals surface area contributed by atoms with Gasteiger partial charge in [-0.05, 0) is 18.2 Å². The fourth-order valence-electron chi connectivity index (χ4n) is 2.55. The van der Waals surface area contributed by atoms with Gasteiger partial charge in [-0.15, -0.1) is 16.4 Å². The molecule has 0 saturated heterocycles. The molecule has 0 spiro atoms. The van der Waals surface area contributed by atoms with Crippen LogP contribution in [0.3, 0.4) is 0 Å². The Morgan fingerprint density at radius 1 is 1.04 bits per heavy atom. The zero-order valence-electron chi connectivity index (χ0n) is 13.9. The fourth-order valence-corrected chi connectivity index (χ4v) is 3.99. The number of methoxy groups -OCH3 is 2. The molecule has 2 aromatic carbocycles. The van der Waals surface area contributed by atoms with E-state index in [1.54, 1.807) is 26.4 Å². The summed E-state index contributed by atoms with van der Waals surface area (Å²) in [6.07, 6.45) is 0. The first-order valence-corrected chi connectivity index (χ1v) is 8.89. The number of halogens is 1. The highest BCUT2D eigenvalue weighted by atomic mass is 35.5. The van der Waals surface area contributed by atoms with Gasteiger partial charge >= 0.3 is 6.01 Å². The first kappa shape index (κ1) is 16.7. The number of nitrogens with zero attached hydrogens (tertiary/aromatic N) is 2. The second-order valence-corrected chi connectivity index (χ2v) is 6.78. The van der Waals surface area contributed by atoms with Crippen molar-refractivity contribution < 1.29 is 13.9 Å². The Morgan fingerprint density at radius 3 is 2.62 bits per heavy atom. The van der Waals surface area contributed by atoms with Crippen LogP contribution in [0.25, 0.3) is 20.9 Å². The van der Waals surface area contributed by atoms with Crippen LogP contribution in [-0.2, 0) is 0 Å². The van der Waals surface area contributed by atoms with Crippen molar-refractivity contribution in [3.63, 3.8) is 0 Å². The lowest BCUT2D eigenvalue weighted by atomic mass is 10.2. The van der Waals surface area contributed by atoms with Crippen LogP contribution >= 0.6 is 22.9 Å². The molecule has 4 rings (SSSR count). The van der Waals surface area contributed by atoms with Gasteiger partial charge in [-0.1, -0.05) is 34.9 Å². The Bertz CT molecular complexity index is 1080. The zero-order chi connectivity index (χ0) is 18.1. The normalized spacial score (nSPS) is 10.9. The molecule has 132 valence electrons. The lowest BCUT2D eigenvalue weighted by Crippen LogP contribution is -1.94. The molecule has 2 aromatic heterocycles. The molecule has 0 aliphatic heterocycles. The summed E-state index contributed by atoms with van der Waals surface area (Å²) in [6.45, 7) is 0. The molecular weight excluding hydrogens is 374 g/mol. The smallest absolute Gasteiger partial charge is 0.320 e. The van der Waals surface area contributed by atoms with E-state index in [2.05, 4.69) is 15.5 Å². The molecule has 8 heteroatoms. The molecule has 0 amide bonds. The third-order valence-corrected chi connectivity index (χ3v) is 5.45. The average Bonchev–Trinajstić information content (AvgIpc) is 3.26. The molecule has 0 radical (unpaired) electrons.